The van der Waals surface area contributed by atoms with Crippen LogP contribution in [-0.2, 0) is 4.74 Å². The van der Waals surface area contributed by atoms with Crippen molar-refractivity contribution >= 4 is 12.3 Å². The highest BCUT2D eigenvalue weighted by molar-refractivity contribution is 5.89. The molecule has 0 saturated carbocycles. The van der Waals surface area contributed by atoms with Crippen molar-refractivity contribution in [2.75, 3.05) is 14.2 Å². The molecule has 5 heteroatoms. The van der Waals surface area contributed by atoms with Gasteiger partial charge < -0.3 is 9.84 Å². The van der Waals surface area contributed by atoms with Crippen LogP contribution in [0.4, 0.5) is 0 Å². The number of esters is 1. The summed E-state index contributed by atoms with van der Waals surface area (Å²) in [6.45, 7) is 0. The Hall–Kier alpha value is -1.75. The topological polar surface area (TPSA) is 76.5 Å². The van der Waals surface area contributed by atoms with E-state index in [1.165, 1.54) is 25.4 Å². The van der Waals surface area contributed by atoms with Crippen LogP contribution in [0.5, 0.6) is 0 Å². The molecule has 5 nitrogen and oxygen atoms in total. The predicted octanol–water partition coefficient (Wildman–Crippen LogP) is 0.289. The van der Waals surface area contributed by atoms with Crippen molar-refractivity contribution in [3.63, 3.8) is 0 Å². The van der Waals surface area contributed by atoms with Gasteiger partial charge in [-0.3, -0.25) is 9.78 Å². The number of ether oxygens (including phenoxy) is 1. The number of nitrogens with zero attached hydrogens (tertiary/aromatic N) is 1. The number of aldehydes is 1. The molecule has 0 amide bonds. The van der Waals surface area contributed by atoms with E-state index >= 15 is 0 Å². The number of hydrogen-bond acceptors (Lipinski definition) is 5. The molecule has 14 heavy (non-hydrogen) atoms. The summed E-state index contributed by atoms with van der Waals surface area (Å²) < 4.78 is 4.44. The summed E-state index contributed by atoms with van der Waals surface area (Å²) in [7, 11) is 2.29. The molecule has 0 aliphatic carbocycles. The van der Waals surface area contributed by atoms with Gasteiger partial charge in [0.2, 0.25) is 0 Å². The number of methoxy groups -OCH3 is 1. The summed E-state index contributed by atoms with van der Waals surface area (Å²) in [5.74, 6) is -0.458. The molecule has 0 aliphatic rings. The second-order valence-corrected chi connectivity index (χ2v) is 2.08. The quantitative estimate of drug-likeness (QED) is 0.544. The minimum atomic E-state index is -0.458. The minimum absolute atomic E-state index is 0.294. The molecule has 1 aromatic heterocycles. The van der Waals surface area contributed by atoms with Crippen LogP contribution in [-0.4, -0.2) is 36.6 Å². The fraction of sp³-hybridized carbons (Fsp3) is 0.222. The van der Waals surface area contributed by atoms with Gasteiger partial charge in [0.25, 0.3) is 0 Å². The fourth-order valence-electron chi connectivity index (χ4n) is 0.714. The number of aliphatic hydroxyl groups excluding tert-OH is 1. The average Bonchev–Trinajstić information content (AvgIpc) is 2.31. The third kappa shape index (κ3) is 3.32. The molecular formula is C9H11NO4. The van der Waals surface area contributed by atoms with Crippen LogP contribution >= 0.6 is 0 Å². The van der Waals surface area contributed by atoms with Crippen LogP contribution in [0.3, 0.4) is 0 Å². The number of pyridine rings is 1. The number of aliphatic hydroxyl groups is 1. The molecule has 0 atom stereocenters. The van der Waals surface area contributed by atoms with Gasteiger partial charge in [-0.2, -0.15) is 0 Å². The Morgan fingerprint density at radius 2 is 2.14 bits per heavy atom. The van der Waals surface area contributed by atoms with E-state index in [1.54, 1.807) is 0 Å². The van der Waals surface area contributed by atoms with Gasteiger partial charge in [-0.15, -0.1) is 0 Å². The van der Waals surface area contributed by atoms with Crippen LogP contribution in [0.1, 0.15) is 20.8 Å². The first-order valence-electron chi connectivity index (χ1n) is 3.72. The Balaban J connectivity index is 0.000000791. The highest BCUT2D eigenvalue weighted by Gasteiger charge is 2.04. The van der Waals surface area contributed by atoms with Crippen molar-refractivity contribution in [3.8, 4) is 0 Å². The van der Waals surface area contributed by atoms with Crippen LogP contribution in [0.2, 0.25) is 0 Å². The number of carbonyl (C=O) groups is 2. The molecule has 76 valence electrons. The van der Waals surface area contributed by atoms with Gasteiger partial charge in [0, 0.05) is 13.3 Å². The number of rotatable bonds is 2. The normalized spacial score (nSPS) is 8.21. The van der Waals surface area contributed by atoms with E-state index < -0.39 is 5.97 Å². The SMILES string of the molecule is CO.COC(=O)c1ccc(C=O)nc1. The molecule has 0 saturated heterocycles. The summed E-state index contributed by atoms with van der Waals surface area (Å²) >= 11 is 0. The summed E-state index contributed by atoms with van der Waals surface area (Å²) in [6.07, 6.45) is 1.91. The largest absolute Gasteiger partial charge is 0.465 e. The number of carbonyl (C=O) groups excluding carboxylic acids is 2. The average molecular weight is 197 g/mol. The highest BCUT2D eigenvalue weighted by atomic mass is 16.5. The Morgan fingerprint density at radius 1 is 1.50 bits per heavy atom. The second kappa shape index (κ2) is 6.73. The van der Waals surface area contributed by atoms with E-state index in [9.17, 15) is 9.59 Å². The first-order chi connectivity index (χ1) is 6.77. The third-order valence-electron chi connectivity index (χ3n) is 1.33. The van der Waals surface area contributed by atoms with E-state index in [1.807, 2.05) is 0 Å². The van der Waals surface area contributed by atoms with Crippen LogP contribution < -0.4 is 0 Å². The van der Waals surface area contributed by atoms with Crippen LogP contribution in [0.15, 0.2) is 18.3 Å². The molecule has 0 fully saturated rings. The van der Waals surface area contributed by atoms with E-state index in [2.05, 4.69) is 9.72 Å². The molecule has 1 N–H and O–H groups in total. The fourth-order valence-corrected chi connectivity index (χ4v) is 0.714. The first kappa shape index (κ1) is 12.2. The molecule has 1 aromatic rings. The minimum Gasteiger partial charge on any atom is -0.465 e. The predicted molar refractivity (Wildman–Crippen MR) is 49.1 cm³/mol. The van der Waals surface area contributed by atoms with Crippen molar-refractivity contribution in [1.82, 2.24) is 4.98 Å². The van der Waals surface area contributed by atoms with Gasteiger partial charge in [-0.05, 0) is 12.1 Å². The van der Waals surface area contributed by atoms with E-state index in [4.69, 9.17) is 5.11 Å². The standard InChI is InChI=1S/C8H7NO3.CH4O/c1-12-8(11)6-2-3-7(5-10)9-4-6;1-2/h2-5H,1H3;2H,1H3. The Labute approximate surface area is 81.3 Å². The lowest BCUT2D eigenvalue weighted by molar-refractivity contribution is 0.0600. The smallest absolute Gasteiger partial charge is 0.339 e. The zero-order chi connectivity index (χ0) is 11.0. The van der Waals surface area contributed by atoms with Crippen molar-refractivity contribution in [1.29, 1.82) is 0 Å². The molecule has 0 spiro atoms. The monoisotopic (exact) mass is 197 g/mol. The summed E-state index contributed by atoms with van der Waals surface area (Å²) in [5.41, 5.74) is 0.630. The molecule has 0 unspecified atom stereocenters. The van der Waals surface area contributed by atoms with Crippen LogP contribution in [0.25, 0.3) is 0 Å². The number of aromatic nitrogens is 1. The van der Waals surface area contributed by atoms with E-state index in [-0.39, 0.29) is 0 Å². The molecule has 0 bridgehead atoms. The zero-order valence-corrected chi connectivity index (χ0v) is 7.93. The van der Waals surface area contributed by atoms with E-state index in [0.29, 0.717) is 17.5 Å². The lowest BCUT2D eigenvalue weighted by Crippen LogP contribution is -2.02. The van der Waals surface area contributed by atoms with Crippen molar-refractivity contribution < 1.29 is 19.4 Å². The van der Waals surface area contributed by atoms with Gasteiger partial charge >= 0.3 is 5.97 Å². The van der Waals surface area contributed by atoms with E-state index in [0.717, 1.165) is 7.11 Å². The maximum atomic E-state index is 10.9. The molecule has 0 radical (unpaired) electrons. The van der Waals surface area contributed by atoms with Crippen molar-refractivity contribution in [2.24, 2.45) is 0 Å². The van der Waals surface area contributed by atoms with Gasteiger partial charge in [0.05, 0.1) is 12.7 Å². The second-order valence-electron chi connectivity index (χ2n) is 2.08. The lowest BCUT2D eigenvalue weighted by Gasteiger charge is -1.96. The molecule has 1 rings (SSSR count). The molecule has 1 heterocycles. The van der Waals surface area contributed by atoms with Crippen LogP contribution in [0, 0.1) is 0 Å². The molecule has 0 aromatic carbocycles. The highest BCUT2D eigenvalue weighted by Crippen LogP contribution is 1.99. The van der Waals surface area contributed by atoms with Gasteiger partial charge in [-0.1, -0.05) is 0 Å². The molecular weight excluding hydrogens is 186 g/mol. The van der Waals surface area contributed by atoms with Gasteiger partial charge in [-0.25, -0.2) is 4.79 Å². The first-order valence-corrected chi connectivity index (χ1v) is 3.72. The summed E-state index contributed by atoms with van der Waals surface area (Å²) in [6, 6.07) is 2.95. The van der Waals surface area contributed by atoms with Crippen molar-refractivity contribution in [2.45, 2.75) is 0 Å². The number of hydrogen-bond donors (Lipinski definition) is 1. The lowest BCUT2D eigenvalue weighted by atomic mass is 10.2. The summed E-state index contributed by atoms with van der Waals surface area (Å²) in [4.78, 5) is 24.7. The maximum Gasteiger partial charge on any atom is 0.339 e. The van der Waals surface area contributed by atoms with Gasteiger partial charge in [0.15, 0.2) is 6.29 Å². The van der Waals surface area contributed by atoms with Gasteiger partial charge in [0.1, 0.15) is 5.69 Å². The zero-order valence-electron chi connectivity index (χ0n) is 7.93. The Morgan fingerprint density at radius 3 is 2.50 bits per heavy atom. The maximum absolute atomic E-state index is 10.9. The molecule has 0 aliphatic heterocycles. The Bertz CT molecular complexity index is 294. The Kier molecular flexibility index (Phi) is 5.89. The van der Waals surface area contributed by atoms with Crippen molar-refractivity contribution in [3.05, 3.63) is 29.6 Å². The summed E-state index contributed by atoms with van der Waals surface area (Å²) in [5, 5.41) is 7.00. The third-order valence-corrected chi connectivity index (χ3v) is 1.33.